The van der Waals surface area contributed by atoms with E-state index in [2.05, 4.69) is 31.2 Å². The van der Waals surface area contributed by atoms with E-state index in [0.717, 1.165) is 0 Å². The number of hydrogen-bond donors (Lipinski definition) is 2. The summed E-state index contributed by atoms with van der Waals surface area (Å²) in [6.45, 7) is -0.590. The van der Waals surface area contributed by atoms with E-state index >= 15 is 0 Å². The first-order valence-corrected chi connectivity index (χ1v) is 5.64. The number of nitrogens with zero attached hydrogens (tertiary/aromatic N) is 2. The second-order valence-electron chi connectivity index (χ2n) is 3.09. The van der Waals surface area contributed by atoms with E-state index in [-0.39, 0.29) is 15.6 Å². The fraction of sp³-hybridized carbons (Fsp3) is 0.500. The molecule has 96 valence electrons. The Morgan fingerprint density at radius 1 is 1.53 bits per heavy atom. The maximum atomic E-state index is 12.6. The van der Waals surface area contributed by atoms with Crippen molar-refractivity contribution in [1.29, 1.82) is 0 Å². The number of alkyl halides is 3. The summed E-state index contributed by atoms with van der Waals surface area (Å²) >= 11 is 8.48. The molecule has 0 saturated carbocycles. The Morgan fingerprint density at radius 3 is 2.71 bits per heavy atom. The van der Waals surface area contributed by atoms with Gasteiger partial charge >= 0.3 is 6.18 Å². The standard InChI is InChI=1S/C8H8BrClF3N3O/c9-4-3-14-7(10)16-6(4)15-5(1-2-17)8(11,12)13/h3,5,17H,1-2H2,(H,14,15,16). The fourth-order valence-electron chi connectivity index (χ4n) is 1.06. The Balaban J connectivity index is 2.89. The van der Waals surface area contributed by atoms with Crippen molar-refractivity contribution in [2.45, 2.75) is 18.6 Å². The molecule has 0 amide bonds. The highest BCUT2D eigenvalue weighted by molar-refractivity contribution is 9.10. The van der Waals surface area contributed by atoms with Crippen LogP contribution < -0.4 is 5.32 Å². The van der Waals surface area contributed by atoms with Crippen molar-refractivity contribution in [1.82, 2.24) is 9.97 Å². The predicted octanol–water partition coefficient (Wildman–Crippen LogP) is 2.62. The van der Waals surface area contributed by atoms with Crippen molar-refractivity contribution >= 4 is 33.3 Å². The van der Waals surface area contributed by atoms with Gasteiger partial charge in [0.25, 0.3) is 0 Å². The number of hydrogen-bond acceptors (Lipinski definition) is 4. The van der Waals surface area contributed by atoms with E-state index in [9.17, 15) is 13.2 Å². The molecule has 0 aliphatic rings. The highest BCUT2D eigenvalue weighted by Gasteiger charge is 2.39. The fourth-order valence-corrected chi connectivity index (χ4v) is 1.50. The van der Waals surface area contributed by atoms with Crippen LogP contribution >= 0.6 is 27.5 Å². The molecule has 9 heteroatoms. The van der Waals surface area contributed by atoms with Crippen LogP contribution in [0.25, 0.3) is 0 Å². The van der Waals surface area contributed by atoms with Crippen LogP contribution in [0.4, 0.5) is 19.0 Å². The molecule has 0 aliphatic heterocycles. The number of aliphatic hydroxyl groups is 1. The maximum absolute atomic E-state index is 12.6. The SMILES string of the molecule is OCCC(Nc1nc(Cl)ncc1Br)C(F)(F)F. The molecule has 17 heavy (non-hydrogen) atoms. The summed E-state index contributed by atoms with van der Waals surface area (Å²) in [6.07, 6.45) is -3.72. The Labute approximate surface area is 108 Å². The number of anilines is 1. The van der Waals surface area contributed by atoms with Gasteiger partial charge in [-0.2, -0.15) is 18.2 Å². The largest absolute Gasteiger partial charge is 0.408 e. The number of nitrogens with one attached hydrogen (secondary N) is 1. The zero-order valence-corrected chi connectivity index (χ0v) is 10.6. The Kier molecular flexibility index (Phi) is 4.96. The van der Waals surface area contributed by atoms with Gasteiger partial charge in [-0.1, -0.05) is 0 Å². The monoisotopic (exact) mass is 333 g/mol. The molecule has 0 radical (unpaired) electrons. The van der Waals surface area contributed by atoms with E-state index in [0.29, 0.717) is 0 Å². The van der Waals surface area contributed by atoms with Crippen LogP contribution in [0.3, 0.4) is 0 Å². The normalized spacial score (nSPS) is 13.5. The van der Waals surface area contributed by atoms with Gasteiger partial charge in [-0.15, -0.1) is 0 Å². The zero-order chi connectivity index (χ0) is 13.1. The number of rotatable bonds is 4. The third-order valence-corrected chi connectivity index (χ3v) is 2.60. The van der Waals surface area contributed by atoms with Gasteiger partial charge in [0, 0.05) is 12.8 Å². The van der Waals surface area contributed by atoms with Gasteiger partial charge in [-0.25, -0.2) is 4.98 Å². The van der Waals surface area contributed by atoms with Gasteiger partial charge in [-0.05, 0) is 34.0 Å². The Hall–Kier alpha value is -0.600. The lowest BCUT2D eigenvalue weighted by molar-refractivity contribution is -0.145. The van der Waals surface area contributed by atoms with Crippen molar-refractivity contribution in [2.75, 3.05) is 11.9 Å². The topological polar surface area (TPSA) is 58.0 Å². The molecule has 4 nitrogen and oxygen atoms in total. The van der Waals surface area contributed by atoms with E-state index in [4.69, 9.17) is 16.7 Å². The molecule has 0 fully saturated rings. The van der Waals surface area contributed by atoms with Crippen LogP contribution in [0, 0.1) is 0 Å². The second-order valence-corrected chi connectivity index (χ2v) is 4.28. The molecule has 0 spiro atoms. The lowest BCUT2D eigenvalue weighted by Gasteiger charge is -2.21. The molecule has 1 aromatic rings. The Morgan fingerprint density at radius 2 is 2.18 bits per heavy atom. The minimum absolute atomic E-state index is 0.0687. The number of aliphatic hydroxyl groups excluding tert-OH is 1. The first-order valence-electron chi connectivity index (χ1n) is 4.46. The first kappa shape index (κ1) is 14.5. The summed E-state index contributed by atoms with van der Waals surface area (Å²) in [5.41, 5.74) is 0. The van der Waals surface area contributed by atoms with E-state index in [1.54, 1.807) is 0 Å². The smallest absolute Gasteiger partial charge is 0.396 e. The van der Waals surface area contributed by atoms with Gasteiger partial charge in [0.2, 0.25) is 5.28 Å². The minimum atomic E-state index is -4.49. The number of aromatic nitrogens is 2. The molecular weight excluding hydrogens is 326 g/mol. The Bertz CT molecular complexity index is 391. The quantitative estimate of drug-likeness (QED) is 0.831. The number of halogens is 5. The molecule has 1 heterocycles. The van der Waals surface area contributed by atoms with E-state index in [1.807, 2.05) is 0 Å². The van der Waals surface area contributed by atoms with Gasteiger partial charge in [0.15, 0.2) is 0 Å². The van der Waals surface area contributed by atoms with Crippen molar-refractivity contribution in [3.8, 4) is 0 Å². The summed E-state index contributed by atoms with van der Waals surface area (Å²) in [4.78, 5) is 7.21. The lowest BCUT2D eigenvalue weighted by Crippen LogP contribution is -2.37. The van der Waals surface area contributed by atoms with Crippen molar-refractivity contribution in [3.63, 3.8) is 0 Å². The first-order chi connectivity index (χ1) is 7.84. The van der Waals surface area contributed by atoms with Crippen molar-refractivity contribution in [2.24, 2.45) is 0 Å². The van der Waals surface area contributed by atoms with Gasteiger partial charge in [0.1, 0.15) is 11.9 Å². The van der Waals surface area contributed by atoms with Crippen LogP contribution in [0.2, 0.25) is 5.28 Å². The predicted molar refractivity (Wildman–Crippen MR) is 59.9 cm³/mol. The summed E-state index contributed by atoms with van der Waals surface area (Å²) in [6, 6.07) is -1.89. The van der Waals surface area contributed by atoms with Gasteiger partial charge in [0.05, 0.1) is 4.47 Å². The molecule has 0 aliphatic carbocycles. The summed E-state index contributed by atoms with van der Waals surface area (Å²) in [5, 5.41) is 10.6. The zero-order valence-electron chi connectivity index (χ0n) is 8.30. The molecule has 1 rings (SSSR count). The average molecular weight is 335 g/mol. The molecule has 0 saturated heterocycles. The van der Waals surface area contributed by atoms with Crippen LogP contribution in [0.15, 0.2) is 10.7 Å². The molecule has 0 aromatic carbocycles. The molecule has 1 unspecified atom stereocenters. The second kappa shape index (κ2) is 5.83. The van der Waals surface area contributed by atoms with Crippen LogP contribution in [0.1, 0.15) is 6.42 Å². The average Bonchev–Trinajstić information content (AvgIpc) is 2.21. The van der Waals surface area contributed by atoms with Gasteiger partial charge < -0.3 is 10.4 Å². The van der Waals surface area contributed by atoms with Crippen LogP contribution in [0.5, 0.6) is 0 Å². The lowest BCUT2D eigenvalue weighted by atomic mass is 10.2. The van der Waals surface area contributed by atoms with Crippen molar-refractivity contribution in [3.05, 3.63) is 16.0 Å². The molecular formula is C8H8BrClF3N3O. The summed E-state index contributed by atoms with van der Waals surface area (Å²) in [5.74, 6) is -0.0687. The highest BCUT2D eigenvalue weighted by atomic mass is 79.9. The third-order valence-electron chi connectivity index (χ3n) is 1.84. The van der Waals surface area contributed by atoms with E-state index in [1.165, 1.54) is 6.20 Å². The summed E-state index contributed by atoms with van der Waals surface area (Å²) < 4.78 is 37.9. The van der Waals surface area contributed by atoms with Crippen LogP contribution in [-0.4, -0.2) is 33.9 Å². The third kappa shape index (κ3) is 4.29. The van der Waals surface area contributed by atoms with Gasteiger partial charge in [-0.3, -0.25) is 0 Å². The van der Waals surface area contributed by atoms with E-state index < -0.39 is 25.2 Å². The molecule has 1 aromatic heterocycles. The molecule has 0 bridgehead atoms. The highest BCUT2D eigenvalue weighted by Crippen LogP contribution is 2.28. The summed E-state index contributed by atoms with van der Waals surface area (Å²) in [7, 11) is 0. The minimum Gasteiger partial charge on any atom is -0.396 e. The maximum Gasteiger partial charge on any atom is 0.408 e. The van der Waals surface area contributed by atoms with Crippen molar-refractivity contribution < 1.29 is 18.3 Å². The molecule has 1 atom stereocenters. The molecule has 2 N–H and O–H groups in total. The van der Waals surface area contributed by atoms with Crippen LogP contribution in [-0.2, 0) is 0 Å².